The molecule has 0 aliphatic carbocycles. The predicted molar refractivity (Wildman–Crippen MR) is 230 cm³/mol. The Labute approximate surface area is 355 Å². The average molecular weight is 865 g/mol. The quantitative estimate of drug-likeness (QED) is 0.0748. The number of rotatable bonds is 9. The molecule has 2 bridgehead atoms. The van der Waals surface area contributed by atoms with Crippen LogP contribution in [0, 0.1) is 11.2 Å². The van der Waals surface area contributed by atoms with Gasteiger partial charge in [0.1, 0.15) is 40.7 Å². The van der Waals surface area contributed by atoms with Gasteiger partial charge in [0.15, 0.2) is 14.1 Å². The summed E-state index contributed by atoms with van der Waals surface area (Å²) in [5.74, 6) is -0.776. The number of piperazine rings is 1. The van der Waals surface area contributed by atoms with E-state index in [1.54, 1.807) is 32.9 Å². The topological polar surface area (TPSA) is 130 Å². The number of alkyl halides is 1. The smallest absolute Gasteiger partial charge is 0.407 e. The molecule has 5 atom stereocenters. The number of benzene rings is 2. The number of amides is 1. The first kappa shape index (κ1) is 42.5. The van der Waals surface area contributed by atoms with Gasteiger partial charge in [-0.15, -0.1) is 0 Å². The maximum absolute atomic E-state index is 17.7. The largest absolute Gasteiger partial charge is 0.465 e. The van der Waals surface area contributed by atoms with Crippen molar-refractivity contribution in [1.29, 1.82) is 0 Å². The Kier molecular flexibility index (Phi) is 10.8. The van der Waals surface area contributed by atoms with Crippen LogP contribution >= 0.6 is 11.6 Å². The first-order valence-corrected chi connectivity index (χ1v) is 24.2. The summed E-state index contributed by atoms with van der Waals surface area (Å²) >= 11 is 7.20. The van der Waals surface area contributed by atoms with Crippen molar-refractivity contribution in [2.75, 3.05) is 37.7 Å². The van der Waals surface area contributed by atoms with E-state index in [0.29, 0.717) is 42.1 Å². The third-order valence-electron chi connectivity index (χ3n) is 13.6. The number of ether oxygens (including phenoxy) is 2. The number of hydrogen-bond donors (Lipinski definition) is 1. The second kappa shape index (κ2) is 15.3. The molecule has 4 aliphatic rings. The van der Waals surface area contributed by atoms with Gasteiger partial charge in [0.2, 0.25) is 0 Å². The van der Waals surface area contributed by atoms with E-state index in [4.69, 9.17) is 40.5 Å². The van der Waals surface area contributed by atoms with Crippen molar-refractivity contribution in [1.82, 2.24) is 24.8 Å². The Balaban J connectivity index is 1.30. The molecule has 1 amide bonds. The van der Waals surface area contributed by atoms with Gasteiger partial charge >= 0.3 is 18.1 Å². The van der Waals surface area contributed by atoms with Crippen LogP contribution in [0.1, 0.15) is 73.6 Å². The van der Waals surface area contributed by atoms with Crippen LogP contribution < -0.4 is 14.4 Å². The fourth-order valence-electron chi connectivity index (χ4n) is 9.28. The molecule has 4 saturated heterocycles. The number of esters is 1. The van der Waals surface area contributed by atoms with Gasteiger partial charge in [-0.2, -0.15) is 9.97 Å². The maximum atomic E-state index is 17.7. The van der Waals surface area contributed by atoms with E-state index < -0.39 is 55.4 Å². The van der Waals surface area contributed by atoms with Gasteiger partial charge in [0.25, 0.3) is 0 Å². The number of carboxylic acid groups (broad SMARTS) is 1. The van der Waals surface area contributed by atoms with E-state index in [-0.39, 0.29) is 70.2 Å². The summed E-state index contributed by atoms with van der Waals surface area (Å²) in [4.78, 5) is 45.8. The predicted octanol–water partition coefficient (Wildman–Crippen LogP) is 9.27. The van der Waals surface area contributed by atoms with Crippen molar-refractivity contribution < 1.29 is 37.4 Å². The van der Waals surface area contributed by atoms with E-state index in [1.165, 1.54) is 4.90 Å². The lowest BCUT2D eigenvalue weighted by atomic mass is 9.95. The van der Waals surface area contributed by atoms with Crippen molar-refractivity contribution >= 4 is 59.5 Å². The van der Waals surface area contributed by atoms with Crippen molar-refractivity contribution in [3.05, 3.63) is 47.4 Å². The molecule has 0 spiro atoms. The molecule has 6 heterocycles. The van der Waals surface area contributed by atoms with Crippen molar-refractivity contribution in [2.45, 2.75) is 122 Å². The minimum Gasteiger partial charge on any atom is -0.465 e. The van der Waals surface area contributed by atoms with Gasteiger partial charge in [0.05, 0.1) is 41.1 Å². The molecular formula is C44H55ClF2N6O6Si. The summed E-state index contributed by atoms with van der Waals surface area (Å²) in [6.07, 6.45) is 1.23. The monoisotopic (exact) mass is 864 g/mol. The van der Waals surface area contributed by atoms with Crippen LogP contribution in [0.5, 0.6) is 11.8 Å². The molecule has 60 heavy (non-hydrogen) atoms. The van der Waals surface area contributed by atoms with Crippen LogP contribution in [-0.4, -0.2) is 113 Å². The number of halogens is 3. The Morgan fingerprint density at radius 2 is 1.80 bits per heavy atom. The minimum absolute atomic E-state index is 0.0715. The molecule has 0 unspecified atom stereocenters. The molecule has 322 valence electrons. The standard InChI is InChI=1S/C44H55ClF2N6O6Si/c1-42(2,3)39(54)59-28-18-25-12-9-10-13-29(25)30(19-28)35-34(47)36-33(37(45)48-35)38(50-40(49-36)57-24-44-16-11-17-51(44)21-26(46)20-44)52-22-27-14-15-31(53(27)41(55)56)32(52)23-58-60(7,8)43(4,5)6/h9-10,12-13,18-19,26-27,31-32H,11,14-17,20-24H2,1-8H3,(H,55,56)/t26-,27-,31+,32-,44+/m1/s1. The number of hydrogen-bond acceptors (Lipinski definition) is 10. The summed E-state index contributed by atoms with van der Waals surface area (Å²) in [6, 6.07) is 9.22. The van der Waals surface area contributed by atoms with Crippen LogP contribution in [0.3, 0.4) is 0 Å². The van der Waals surface area contributed by atoms with Gasteiger partial charge < -0.3 is 23.9 Å². The van der Waals surface area contributed by atoms with Crippen LogP contribution in [0.2, 0.25) is 23.3 Å². The number of aromatic nitrogens is 3. The molecule has 4 aliphatic heterocycles. The van der Waals surface area contributed by atoms with E-state index in [2.05, 4.69) is 38.8 Å². The molecule has 4 fully saturated rings. The van der Waals surface area contributed by atoms with Crippen LogP contribution in [0.25, 0.3) is 32.9 Å². The third kappa shape index (κ3) is 7.57. The van der Waals surface area contributed by atoms with Crippen molar-refractivity contribution in [3.8, 4) is 23.0 Å². The Morgan fingerprint density at radius 3 is 2.52 bits per heavy atom. The molecule has 16 heteroatoms. The van der Waals surface area contributed by atoms with Crippen LogP contribution in [0.4, 0.5) is 19.4 Å². The van der Waals surface area contributed by atoms with Gasteiger partial charge in [-0.3, -0.25) is 14.6 Å². The highest BCUT2D eigenvalue weighted by Crippen LogP contribution is 2.46. The zero-order valence-electron chi connectivity index (χ0n) is 35.7. The van der Waals surface area contributed by atoms with Crippen molar-refractivity contribution in [2.24, 2.45) is 5.41 Å². The minimum atomic E-state index is -2.34. The lowest BCUT2D eigenvalue weighted by molar-refractivity contribution is -0.142. The highest BCUT2D eigenvalue weighted by atomic mass is 35.5. The Morgan fingerprint density at radius 1 is 1.05 bits per heavy atom. The molecule has 0 radical (unpaired) electrons. The van der Waals surface area contributed by atoms with E-state index in [9.17, 15) is 19.1 Å². The third-order valence-corrected chi connectivity index (χ3v) is 18.3. The summed E-state index contributed by atoms with van der Waals surface area (Å²) in [5.41, 5.74) is -1.25. The fourth-order valence-corrected chi connectivity index (χ4v) is 10.6. The summed E-state index contributed by atoms with van der Waals surface area (Å²) in [7, 11) is -2.34. The Bertz CT molecular complexity index is 2360. The molecular weight excluding hydrogens is 810 g/mol. The molecule has 2 aromatic carbocycles. The molecule has 8 rings (SSSR count). The Hall–Kier alpha value is -4.18. The lowest BCUT2D eigenvalue weighted by Crippen LogP contribution is -2.63. The maximum Gasteiger partial charge on any atom is 0.407 e. The number of nitrogens with zero attached hydrogens (tertiary/aromatic N) is 6. The molecule has 4 aromatic rings. The van der Waals surface area contributed by atoms with E-state index >= 15 is 4.39 Å². The first-order valence-electron chi connectivity index (χ1n) is 20.9. The number of pyridine rings is 1. The summed E-state index contributed by atoms with van der Waals surface area (Å²) < 4.78 is 51.6. The van der Waals surface area contributed by atoms with Crippen molar-refractivity contribution in [3.63, 3.8) is 0 Å². The average Bonchev–Trinajstić information content (AvgIpc) is 3.82. The number of carbonyl (C=O) groups excluding carboxylic acids is 1. The van der Waals surface area contributed by atoms with E-state index in [0.717, 1.165) is 19.4 Å². The van der Waals surface area contributed by atoms with E-state index in [1.807, 2.05) is 29.2 Å². The van der Waals surface area contributed by atoms with Crippen LogP contribution in [0.15, 0.2) is 36.4 Å². The number of fused-ring (bicyclic) bond motifs is 5. The molecule has 0 saturated carbocycles. The molecule has 2 aromatic heterocycles. The van der Waals surface area contributed by atoms with Crippen LogP contribution in [-0.2, 0) is 9.22 Å². The SMILES string of the molecule is CC(C)(C)C(=O)Oc1cc(-c2nc(Cl)c3c(N4C[C@H]5CC[C@@H]([C@H]4CO[Si](C)(C)C(C)(C)C)N5C(=O)O)nc(OC[C@@]45CCCN4C[C@H](F)C5)nc3c2F)c2ccccc2c1. The van der Waals surface area contributed by atoms with Gasteiger partial charge in [-0.1, -0.05) is 56.6 Å². The number of anilines is 1. The molecule has 1 N–H and O–H groups in total. The molecule has 12 nitrogen and oxygen atoms in total. The second-order valence-corrected chi connectivity index (χ2v) is 24.8. The van der Waals surface area contributed by atoms with Gasteiger partial charge in [-0.25, -0.2) is 18.6 Å². The first-order chi connectivity index (χ1) is 28.2. The van der Waals surface area contributed by atoms with Gasteiger partial charge in [0, 0.05) is 25.1 Å². The summed E-state index contributed by atoms with van der Waals surface area (Å²) in [5, 5.41) is 11.7. The zero-order chi connectivity index (χ0) is 43.1. The number of carbonyl (C=O) groups is 2. The van der Waals surface area contributed by atoms with Gasteiger partial charge in [-0.05, 0) is 94.0 Å². The highest BCUT2D eigenvalue weighted by molar-refractivity contribution is 6.74. The fraction of sp³-hybridized carbons (Fsp3) is 0.568. The second-order valence-electron chi connectivity index (χ2n) is 19.6. The highest BCUT2D eigenvalue weighted by Gasteiger charge is 2.52. The lowest BCUT2D eigenvalue weighted by Gasteiger charge is -2.48. The summed E-state index contributed by atoms with van der Waals surface area (Å²) in [6.45, 7) is 17.6. The zero-order valence-corrected chi connectivity index (χ0v) is 37.4. The normalized spacial score (nSPS) is 24.7.